The van der Waals surface area contributed by atoms with Gasteiger partial charge in [0.1, 0.15) is 23.4 Å². The summed E-state index contributed by atoms with van der Waals surface area (Å²) in [6.45, 7) is 0.774. The molecule has 2 atom stereocenters. The zero-order chi connectivity index (χ0) is 26.3. The summed E-state index contributed by atoms with van der Waals surface area (Å²) in [5.41, 5.74) is 4.82. The standard InChI is InChI=1S/C30H29BrN2O5/c31-27-13-12-19(14-32-27)30(38-18-28(34)35)20-6-5-7-21(30)16-33(15-20)29(36)37-17-26-24-10-3-1-8-22(24)23-9-2-4-11-25(23)26/h1-4,8-14,20-21,26H,5-7,15-18H2,(H,34,35). The van der Waals surface area contributed by atoms with Gasteiger partial charge in [-0.3, -0.25) is 0 Å². The summed E-state index contributed by atoms with van der Waals surface area (Å²) < 4.78 is 12.9. The fraction of sp³-hybridized carbons (Fsp3) is 0.367. The highest BCUT2D eigenvalue weighted by molar-refractivity contribution is 9.10. The summed E-state index contributed by atoms with van der Waals surface area (Å²) in [5, 5.41) is 9.43. The molecular weight excluding hydrogens is 548 g/mol. The SMILES string of the molecule is O=C(O)COC1(c2ccc(Br)nc2)C2CCCC1CN(C(=O)OCC1c3ccccc3-c3ccccc31)C2. The maximum absolute atomic E-state index is 13.4. The van der Waals surface area contributed by atoms with Crippen molar-refractivity contribution in [2.24, 2.45) is 11.8 Å². The van der Waals surface area contributed by atoms with Gasteiger partial charge in [-0.2, -0.15) is 0 Å². The summed E-state index contributed by atoms with van der Waals surface area (Å²) >= 11 is 3.39. The fourth-order valence-electron chi connectivity index (χ4n) is 6.85. The van der Waals surface area contributed by atoms with E-state index in [2.05, 4.69) is 45.2 Å². The molecule has 0 spiro atoms. The molecule has 1 aromatic heterocycles. The second kappa shape index (κ2) is 10.2. The number of halogens is 1. The fourth-order valence-corrected chi connectivity index (χ4v) is 7.08. The number of benzene rings is 2. The molecule has 3 aliphatic rings. The molecule has 196 valence electrons. The average molecular weight is 577 g/mol. The minimum atomic E-state index is -1.01. The maximum Gasteiger partial charge on any atom is 0.409 e. The van der Waals surface area contributed by atoms with Crippen LogP contribution in [0.5, 0.6) is 0 Å². The molecule has 1 amide bonds. The number of amides is 1. The predicted octanol–water partition coefficient (Wildman–Crippen LogP) is 5.82. The normalized spacial score (nSPS) is 24.0. The van der Waals surface area contributed by atoms with Gasteiger partial charge in [-0.25, -0.2) is 14.6 Å². The number of aromatic nitrogens is 1. The molecule has 1 aliphatic heterocycles. The lowest BCUT2D eigenvalue weighted by atomic mass is 9.62. The van der Waals surface area contributed by atoms with Crippen LogP contribution >= 0.6 is 15.9 Å². The number of fused-ring (bicyclic) bond motifs is 5. The highest BCUT2D eigenvalue weighted by Crippen LogP contribution is 2.52. The van der Waals surface area contributed by atoms with E-state index >= 15 is 0 Å². The Morgan fingerprint density at radius 3 is 2.18 bits per heavy atom. The minimum Gasteiger partial charge on any atom is -0.480 e. The molecular formula is C30H29BrN2O5. The third-order valence-corrected chi connectivity index (χ3v) is 8.88. The Morgan fingerprint density at radius 2 is 1.61 bits per heavy atom. The van der Waals surface area contributed by atoms with Gasteiger partial charge in [0.25, 0.3) is 0 Å². The molecule has 3 aromatic rings. The van der Waals surface area contributed by atoms with E-state index < -0.39 is 18.2 Å². The van der Waals surface area contributed by atoms with Gasteiger partial charge in [-0.15, -0.1) is 0 Å². The van der Waals surface area contributed by atoms with Gasteiger partial charge < -0.3 is 19.5 Å². The number of carboxylic acid groups (broad SMARTS) is 1. The lowest BCUT2D eigenvalue weighted by molar-refractivity contribution is -0.192. The van der Waals surface area contributed by atoms with E-state index in [0.717, 1.165) is 24.8 Å². The van der Waals surface area contributed by atoms with Gasteiger partial charge >= 0.3 is 12.1 Å². The second-order valence-corrected chi connectivity index (χ2v) is 11.2. The summed E-state index contributed by atoms with van der Waals surface area (Å²) in [5.74, 6) is -1.12. The zero-order valence-electron chi connectivity index (χ0n) is 20.9. The molecule has 7 nitrogen and oxygen atoms in total. The predicted molar refractivity (Wildman–Crippen MR) is 145 cm³/mol. The van der Waals surface area contributed by atoms with Gasteiger partial charge in [0.05, 0.1) is 0 Å². The van der Waals surface area contributed by atoms with Crippen molar-refractivity contribution in [1.82, 2.24) is 9.88 Å². The molecule has 38 heavy (non-hydrogen) atoms. The number of hydrogen-bond acceptors (Lipinski definition) is 5. The largest absolute Gasteiger partial charge is 0.480 e. The number of pyridine rings is 1. The van der Waals surface area contributed by atoms with E-state index in [1.54, 1.807) is 11.1 Å². The van der Waals surface area contributed by atoms with Crippen molar-refractivity contribution < 1.29 is 24.2 Å². The summed E-state index contributed by atoms with van der Waals surface area (Å²) in [6, 6.07) is 20.4. The first-order chi connectivity index (χ1) is 18.5. The van der Waals surface area contributed by atoms with Crippen molar-refractivity contribution >= 4 is 28.0 Å². The van der Waals surface area contributed by atoms with E-state index in [1.165, 1.54) is 22.3 Å². The first-order valence-corrected chi connectivity index (χ1v) is 13.8. The molecule has 2 unspecified atom stereocenters. The lowest BCUT2D eigenvalue weighted by Gasteiger charge is -2.55. The summed E-state index contributed by atoms with van der Waals surface area (Å²) in [4.78, 5) is 31.1. The Balaban J connectivity index is 1.22. The van der Waals surface area contributed by atoms with Crippen LogP contribution in [0, 0.1) is 11.8 Å². The zero-order valence-corrected chi connectivity index (χ0v) is 22.5. The van der Waals surface area contributed by atoms with E-state index in [0.29, 0.717) is 17.7 Å². The second-order valence-electron chi connectivity index (χ2n) is 10.4. The van der Waals surface area contributed by atoms with Gasteiger partial charge in [-0.05, 0) is 57.1 Å². The van der Waals surface area contributed by atoms with Crippen LogP contribution in [0.3, 0.4) is 0 Å². The Kier molecular flexibility index (Phi) is 6.70. The molecule has 1 N–H and O–H groups in total. The number of piperidine rings is 1. The first kappa shape index (κ1) is 25.1. The van der Waals surface area contributed by atoms with Crippen LogP contribution in [0.1, 0.15) is 41.9 Å². The van der Waals surface area contributed by atoms with Crippen LogP contribution in [-0.4, -0.2) is 53.4 Å². The summed E-state index contributed by atoms with van der Waals surface area (Å²) in [6.07, 6.45) is 4.11. The average Bonchev–Trinajstić information content (AvgIpc) is 3.24. The Bertz CT molecular complexity index is 1300. The van der Waals surface area contributed by atoms with Gasteiger partial charge in [0.2, 0.25) is 0 Å². The number of nitrogens with zero attached hydrogens (tertiary/aromatic N) is 2. The van der Waals surface area contributed by atoms with E-state index in [4.69, 9.17) is 9.47 Å². The molecule has 1 saturated heterocycles. The molecule has 2 heterocycles. The van der Waals surface area contributed by atoms with Crippen molar-refractivity contribution in [1.29, 1.82) is 0 Å². The number of carboxylic acids is 1. The number of carbonyl (C=O) groups excluding carboxylic acids is 1. The summed E-state index contributed by atoms with van der Waals surface area (Å²) in [7, 11) is 0. The number of aliphatic carboxylic acids is 1. The quantitative estimate of drug-likeness (QED) is 0.372. The van der Waals surface area contributed by atoms with Gasteiger partial charge in [-0.1, -0.05) is 61.0 Å². The van der Waals surface area contributed by atoms with Crippen LogP contribution < -0.4 is 0 Å². The van der Waals surface area contributed by atoms with Crippen molar-refractivity contribution in [3.05, 3.63) is 88.2 Å². The van der Waals surface area contributed by atoms with Crippen molar-refractivity contribution in [3.63, 3.8) is 0 Å². The highest BCUT2D eigenvalue weighted by atomic mass is 79.9. The number of hydrogen-bond donors (Lipinski definition) is 1. The number of ether oxygens (including phenoxy) is 2. The van der Waals surface area contributed by atoms with Crippen LogP contribution in [0.25, 0.3) is 11.1 Å². The van der Waals surface area contributed by atoms with Crippen molar-refractivity contribution in [3.8, 4) is 11.1 Å². The maximum atomic E-state index is 13.4. The molecule has 8 heteroatoms. The Labute approximate surface area is 229 Å². The number of rotatable bonds is 6. The van der Waals surface area contributed by atoms with Crippen LogP contribution in [0.15, 0.2) is 71.5 Å². The molecule has 2 bridgehead atoms. The lowest BCUT2D eigenvalue weighted by Crippen LogP contribution is -2.60. The molecule has 6 rings (SSSR count). The topological polar surface area (TPSA) is 89.0 Å². The van der Waals surface area contributed by atoms with Gasteiger partial charge in [0, 0.05) is 42.6 Å². The van der Waals surface area contributed by atoms with Crippen LogP contribution in [-0.2, 0) is 19.9 Å². The monoisotopic (exact) mass is 576 g/mol. The molecule has 2 aromatic carbocycles. The molecule has 1 saturated carbocycles. The van der Waals surface area contributed by atoms with E-state index in [1.807, 2.05) is 36.4 Å². The van der Waals surface area contributed by atoms with Crippen molar-refractivity contribution in [2.45, 2.75) is 30.8 Å². The molecule has 0 radical (unpaired) electrons. The number of carbonyl (C=O) groups is 2. The van der Waals surface area contributed by atoms with Crippen LogP contribution in [0.2, 0.25) is 0 Å². The molecule has 2 aliphatic carbocycles. The van der Waals surface area contributed by atoms with Crippen LogP contribution in [0.4, 0.5) is 4.79 Å². The Morgan fingerprint density at radius 1 is 0.974 bits per heavy atom. The third-order valence-electron chi connectivity index (χ3n) is 8.41. The van der Waals surface area contributed by atoms with E-state index in [9.17, 15) is 14.7 Å². The smallest absolute Gasteiger partial charge is 0.409 e. The highest BCUT2D eigenvalue weighted by Gasteiger charge is 2.55. The third kappa shape index (κ3) is 4.29. The van der Waals surface area contributed by atoms with E-state index in [-0.39, 0.29) is 30.5 Å². The minimum absolute atomic E-state index is 0.00229. The first-order valence-electron chi connectivity index (χ1n) is 13.0. The van der Waals surface area contributed by atoms with Crippen molar-refractivity contribution in [2.75, 3.05) is 26.3 Å². The Hall–Kier alpha value is -3.23. The number of likely N-dealkylation sites (tertiary alicyclic amines) is 1. The van der Waals surface area contributed by atoms with Gasteiger partial charge in [0.15, 0.2) is 0 Å². The molecule has 2 fully saturated rings.